The highest BCUT2D eigenvalue weighted by Gasteiger charge is 2.35. The summed E-state index contributed by atoms with van der Waals surface area (Å²) in [6.07, 6.45) is 2.29. The van der Waals surface area contributed by atoms with Crippen LogP contribution in [-0.2, 0) is 9.59 Å². The standard InChI is InChI=1S/C28H27NO4/c1-16(2)28(31)33-23-14-12-18(15-24(23)32-3)27-26-20(9-6-10-22(26)30)25-19-8-5-4-7-17(19)11-13-21(25)29-27/h4-5,7-8,11-16,27,29H,6,9-10H2,1-3H3/t27-/m0/s1. The van der Waals surface area contributed by atoms with Crippen LogP contribution in [0, 0.1) is 5.92 Å². The summed E-state index contributed by atoms with van der Waals surface area (Å²) < 4.78 is 11.1. The molecule has 5 heteroatoms. The van der Waals surface area contributed by atoms with Gasteiger partial charge in [-0.2, -0.15) is 0 Å². The van der Waals surface area contributed by atoms with E-state index < -0.39 is 0 Å². The average Bonchev–Trinajstić information content (AvgIpc) is 2.83. The van der Waals surface area contributed by atoms with Crippen molar-refractivity contribution in [1.29, 1.82) is 0 Å². The zero-order chi connectivity index (χ0) is 23.1. The van der Waals surface area contributed by atoms with Crippen molar-refractivity contribution in [3.05, 3.63) is 71.3 Å². The number of rotatable bonds is 4. The van der Waals surface area contributed by atoms with Gasteiger partial charge in [0.2, 0.25) is 0 Å². The number of allylic oxidation sites excluding steroid dienone is 1. The number of hydrogen-bond acceptors (Lipinski definition) is 5. The summed E-state index contributed by atoms with van der Waals surface area (Å²) in [5.41, 5.74) is 5.04. The van der Waals surface area contributed by atoms with E-state index in [1.165, 1.54) is 5.39 Å². The van der Waals surface area contributed by atoms with E-state index in [0.717, 1.165) is 46.2 Å². The molecule has 3 aromatic rings. The summed E-state index contributed by atoms with van der Waals surface area (Å²) in [5, 5.41) is 5.95. The molecule has 1 aliphatic heterocycles. The Morgan fingerprint density at radius 3 is 2.64 bits per heavy atom. The van der Waals surface area contributed by atoms with Gasteiger partial charge in [0, 0.05) is 23.2 Å². The molecule has 1 aliphatic carbocycles. The lowest BCUT2D eigenvalue weighted by Crippen LogP contribution is -2.27. The van der Waals surface area contributed by atoms with Crippen LogP contribution >= 0.6 is 0 Å². The molecule has 0 radical (unpaired) electrons. The van der Waals surface area contributed by atoms with Gasteiger partial charge in [0.05, 0.1) is 19.1 Å². The molecule has 33 heavy (non-hydrogen) atoms. The van der Waals surface area contributed by atoms with Gasteiger partial charge in [0.25, 0.3) is 0 Å². The third kappa shape index (κ3) is 3.67. The number of carbonyl (C=O) groups excluding carboxylic acids is 2. The van der Waals surface area contributed by atoms with E-state index in [0.29, 0.717) is 17.9 Å². The molecule has 0 saturated heterocycles. The van der Waals surface area contributed by atoms with Crippen LogP contribution in [0.5, 0.6) is 11.5 Å². The Kier molecular flexibility index (Phi) is 5.41. The lowest BCUT2D eigenvalue weighted by Gasteiger charge is -2.35. The van der Waals surface area contributed by atoms with E-state index in [9.17, 15) is 9.59 Å². The van der Waals surface area contributed by atoms with Crippen LogP contribution in [0.15, 0.2) is 60.2 Å². The molecule has 1 heterocycles. The highest BCUT2D eigenvalue weighted by molar-refractivity contribution is 6.12. The van der Waals surface area contributed by atoms with Crippen LogP contribution < -0.4 is 14.8 Å². The van der Waals surface area contributed by atoms with Crippen molar-refractivity contribution < 1.29 is 19.1 Å². The number of benzene rings is 3. The Balaban J connectivity index is 1.63. The van der Waals surface area contributed by atoms with Gasteiger partial charge in [-0.25, -0.2) is 0 Å². The zero-order valence-corrected chi connectivity index (χ0v) is 19.1. The minimum atomic E-state index is -0.315. The molecule has 168 valence electrons. The van der Waals surface area contributed by atoms with Gasteiger partial charge in [-0.05, 0) is 52.9 Å². The fourth-order valence-electron chi connectivity index (χ4n) is 4.83. The Hall–Kier alpha value is -3.60. The predicted octanol–water partition coefficient (Wildman–Crippen LogP) is 6.08. The first kappa shape index (κ1) is 21.3. The van der Waals surface area contributed by atoms with Crippen LogP contribution in [0.3, 0.4) is 0 Å². The predicted molar refractivity (Wildman–Crippen MR) is 130 cm³/mol. The normalized spacial score (nSPS) is 17.5. The highest BCUT2D eigenvalue weighted by atomic mass is 16.6. The summed E-state index contributed by atoms with van der Waals surface area (Å²) in [4.78, 5) is 25.3. The maximum absolute atomic E-state index is 13.2. The summed E-state index contributed by atoms with van der Waals surface area (Å²) in [6.45, 7) is 3.58. The minimum Gasteiger partial charge on any atom is -0.493 e. The zero-order valence-electron chi connectivity index (χ0n) is 19.1. The topological polar surface area (TPSA) is 64.6 Å². The second kappa shape index (κ2) is 8.39. The van der Waals surface area contributed by atoms with Gasteiger partial charge in [0.1, 0.15) is 0 Å². The first-order valence-electron chi connectivity index (χ1n) is 11.4. The van der Waals surface area contributed by atoms with Crippen LogP contribution in [0.2, 0.25) is 0 Å². The summed E-state index contributed by atoms with van der Waals surface area (Å²) in [6, 6.07) is 17.8. The quantitative estimate of drug-likeness (QED) is 0.392. The molecule has 0 fully saturated rings. The largest absolute Gasteiger partial charge is 0.493 e. The molecular formula is C28H27NO4. The number of fused-ring (bicyclic) bond motifs is 4. The van der Waals surface area contributed by atoms with Gasteiger partial charge in [-0.15, -0.1) is 0 Å². The number of nitrogens with one attached hydrogen (secondary N) is 1. The van der Waals surface area contributed by atoms with Crippen molar-refractivity contribution >= 4 is 33.8 Å². The number of Topliss-reactive ketones (excluding diaryl/α,β-unsaturated/α-hetero) is 1. The smallest absolute Gasteiger partial charge is 0.313 e. The minimum absolute atomic E-state index is 0.182. The molecule has 0 saturated carbocycles. The Labute approximate surface area is 193 Å². The second-order valence-corrected chi connectivity index (χ2v) is 8.94. The van der Waals surface area contributed by atoms with Crippen molar-refractivity contribution in [3.8, 4) is 11.5 Å². The van der Waals surface area contributed by atoms with E-state index in [1.54, 1.807) is 27.0 Å². The Bertz CT molecular complexity index is 1300. The van der Waals surface area contributed by atoms with Crippen molar-refractivity contribution in [1.82, 2.24) is 0 Å². The van der Waals surface area contributed by atoms with Crippen molar-refractivity contribution in [3.63, 3.8) is 0 Å². The molecule has 1 atom stereocenters. The molecule has 0 unspecified atom stereocenters. The number of ether oxygens (including phenoxy) is 2. The fraction of sp³-hybridized carbons (Fsp3) is 0.286. The van der Waals surface area contributed by atoms with Crippen LogP contribution in [0.4, 0.5) is 5.69 Å². The van der Waals surface area contributed by atoms with Gasteiger partial charge in [-0.1, -0.05) is 50.2 Å². The molecular weight excluding hydrogens is 414 g/mol. The molecule has 0 amide bonds. The summed E-state index contributed by atoms with van der Waals surface area (Å²) in [5.74, 6) is 0.476. The number of esters is 1. The lowest BCUT2D eigenvalue weighted by atomic mass is 9.77. The maximum atomic E-state index is 13.2. The number of carbonyl (C=O) groups is 2. The van der Waals surface area contributed by atoms with Crippen molar-refractivity contribution in [2.75, 3.05) is 12.4 Å². The van der Waals surface area contributed by atoms with Crippen LogP contribution in [-0.4, -0.2) is 18.9 Å². The second-order valence-electron chi connectivity index (χ2n) is 8.94. The maximum Gasteiger partial charge on any atom is 0.313 e. The number of methoxy groups -OCH3 is 1. The van der Waals surface area contributed by atoms with Crippen LogP contribution in [0.25, 0.3) is 16.3 Å². The Morgan fingerprint density at radius 1 is 1.03 bits per heavy atom. The molecule has 3 aromatic carbocycles. The molecule has 0 aromatic heterocycles. The van der Waals surface area contributed by atoms with Gasteiger partial charge in [-0.3, -0.25) is 9.59 Å². The first-order chi connectivity index (χ1) is 16.0. The van der Waals surface area contributed by atoms with Gasteiger partial charge < -0.3 is 14.8 Å². The van der Waals surface area contributed by atoms with E-state index in [1.807, 2.05) is 24.3 Å². The van der Waals surface area contributed by atoms with E-state index >= 15 is 0 Å². The van der Waals surface area contributed by atoms with Crippen molar-refractivity contribution in [2.45, 2.75) is 39.2 Å². The number of anilines is 1. The van der Waals surface area contributed by atoms with Crippen molar-refractivity contribution in [2.24, 2.45) is 5.92 Å². The molecule has 5 nitrogen and oxygen atoms in total. The highest BCUT2D eigenvalue weighted by Crippen LogP contribution is 2.48. The van der Waals surface area contributed by atoms with E-state index in [4.69, 9.17) is 9.47 Å². The molecule has 5 rings (SSSR count). The lowest BCUT2D eigenvalue weighted by molar-refractivity contribution is -0.137. The third-order valence-electron chi connectivity index (χ3n) is 6.48. The Morgan fingerprint density at radius 2 is 1.85 bits per heavy atom. The third-order valence-corrected chi connectivity index (χ3v) is 6.48. The van der Waals surface area contributed by atoms with E-state index in [-0.39, 0.29) is 23.7 Å². The van der Waals surface area contributed by atoms with Crippen LogP contribution in [0.1, 0.15) is 50.3 Å². The first-order valence-corrected chi connectivity index (χ1v) is 11.4. The van der Waals surface area contributed by atoms with E-state index in [2.05, 4.69) is 29.6 Å². The molecule has 0 bridgehead atoms. The number of hydrogen-bond donors (Lipinski definition) is 1. The number of ketones is 1. The molecule has 0 spiro atoms. The molecule has 1 N–H and O–H groups in total. The fourth-order valence-corrected chi connectivity index (χ4v) is 4.83. The van der Waals surface area contributed by atoms with Gasteiger partial charge in [0.15, 0.2) is 17.3 Å². The average molecular weight is 442 g/mol. The van der Waals surface area contributed by atoms with Gasteiger partial charge >= 0.3 is 5.97 Å². The monoisotopic (exact) mass is 441 g/mol. The SMILES string of the molecule is COc1cc([C@@H]2Nc3ccc4ccccc4c3C3=C2C(=O)CCC3)ccc1OC(=O)C(C)C. The summed E-state index contributed by atoms with van der Waals surface area (Å²) in [7, 11) is 1.55. The summed E-state index contributed by atoms with van der Waals surface area (Å²) >= 11 is 0. The molecule has 2 aliphatic rings.